The molecule has 0 spiro atoms. The summed E-state index contributed by atoms with van der Waals surface area (Å²) in [6, 6.07) is 5.96. The number of pyridine rings is 1. The summed E-state index contributed by atoms with van der Waals surface area (Å²) >= 11 is 0. The summed E-state index contributed by atoms with van der Waals surface area (Å²) in [5.41, 5.74) is 0.617. The van der Waals surface area contributed by atoms with E-state index < -0.39 is 17.6 Å². The van der Waals surface area contributed by atoms with Crippen LogP contribution in [0.1, 0.15) is 16.2 Å². The van der Waals surface area contributed by atoms with Crippen LogP contribution in [0.5, 0.6) is 0 Å². The minimum Gasteiger partial charge on any atom is -0.476 e. The Morgan fingerprint density at radius 3 is 2.42 bits per heavy atom. The molecule has 1 heterocycles. The molecule has 0 aliphatic carbocycles. The Kier molecular flexibility index (Phi) is 3.41. The Labute approximate surface area is 107 Å². The van der Waals surface area contributed by atoms with E-state index in [1.165, 1.54) is 6.07 Å². The van der Waals surface area contributed by atoms with Gasteiger partial charge >= 0.3 is 5.97 Å². The second-order valence-electron chi connectivity index (χ2n) is 3.94. The van der Waals surface area contributed by atoms with Gasteiger partial charge < -0.3 is 10.4 Å². The zero-order chi connectivity index (χ0) is 14.0. The number of hydrogen-bond acceptors (Lipinski definition) is 3. The molecule has 0 bridgehead atoms. The second-order valence-corrected chi connectivity index (χ2v) is 3.94. The highest BCUT2D eigenvalue weighted by Gasteiger charge is 2.13. The molecule has 19 heavy (non-hydrogen) atoms. The summed E-state index contributed by atoms with van der Waals surface area (Å²) in [6.45, 7) is 1.65. The quantitative estimate of drug-likeness (QED) is 0.894. The first kappa shape index (κ1) is 12.9. The van der Waals surface area contributed by atoms with Gasteiger partial charge in [-0.3, -0.25) is 0 Å². The molecule has 0 atom stereocenters. The maximum Gasteiger partial charge on any atom is 0.356 e. The van der Waals surface area contributed by atoms with Gasteiger partial charge in [-0.05, 0) is 31.2 Å². The van der Waals surface area contributed by atoms with Gasteiger partial charge in [-0.25, -0.2) is 18.6 Å². The van der Waals surface area contributed by atoms with Crippen LogP contribution in [0.25, 0.3) is 0 Å². The highest BCUT2D eigenvalue weighted by molar-refractivity contribution is 5.93. The molecule has 1 aromatic heterocycles. The van der Waals surface area contributed by atoms with Crippen LogP contribution in [0.2, 0.25) is 0 Å². The van der Waals surface area contributed by atoms with E-state index in [9.17, 15) is 13.6 Å². The van der Waals surface area contributed by atoms with Gasteiger partial charge in [0.05, 0.1) is 5.69 Å². The zero-order valence-corrected chi connectivity index (χ0v) is 9.95. The van der Waals surface area contributed by atoms with E-state index in [4.69, 9.17) is 5.11 Å². The summed E-state index contributed by atoms with van der Waals surface area (Å²) < 4.78 is 26.1. The molecule has 2 rings (SSSR count). The van der Waals surface area contributed by atoms with Crippen molar-refractivity contribution >= 4 is 17.3 Å². The first-order chi connectivity index (χ1) is 8.95. The van der Waals surface area contributed by atoms with E-state index >= 15 is 0 Å². The Morgan fingerprint density at radius 2 is 1.84 bits per heavy atom. The smallest absolute Gasteiger partial charge is 0.356 e. The number of aromatic nitrogens is 1. The maximum atomic E-state index is 13.0. The van der Waals surface area contributed by atoms with Crippen LogP contribution in [0.4, 0.5) is 20.2 Å². The standard InChI is InChI=1S/C13H10F2N2O2/c1-7-2-3-11(12(16-7)13(18)19)17-10-5-8(14)4-9(15)6-10/h2-6,17H,1H3,(H,18,19). The van der Waals surface area contributed by atoms with Crippen LogP contribution in [0.15, 0.2) is 30.3 Å². The van der Waals surface area contributed by atoms with Gasteiger partial charge in [0, 0.05) is 17.4 Å². The summed E-state index contributed by atoms with van der Waals surface area (Å²) in [4.78, 5) is 14.9. The van der Waals surface area contributed by atoms with Crippen LogP contribution in [-0.2, 0) is 0 Å². The van der Waals surface area contributed by atoms with E-state index in [1.54, 1.807) is 13.0 Å². The van der Waals surface area contributed by atoms with Crippen LogP contribution in [0.3, 0.4) is 0 Å². The Hall–Kier alpha value is -2.50. The summed E-state index contributed by atoms with van der Waals surface area (Å²) in [5, 5.41) is 11.7. The molecule has 0 amide bonds. The fraction of sp³-hybridized carbons (Fsp3) is 0.0769. The van der Waals surface area contributed by atoms with Crippen molar-refractivity contribution in [3.63, 3.8) is 0 Å². The summed E-state index contributed by atoms with van der Waals surface area (Å²) in [7, 11) is 0. The van der Waals surface area contributed by atoms with Crippen molar-refractivity contribution in [3.05, 3.63) is 53.4 Å². The average molecular weight is 264 g/mol. The molecule has 0 unspecified atom stereocenters. The first-order valence-electron chi connectivity index (χ1n) is 5.40. The molecule has 2 aromatic rings. The minimum atomic E-state index is -1.22. The third kappa shape index (κ3) is 3.04. The van der Waals surface area contributed by atoms with E-state index in [0.29, 0.717) is 5.69 Å². The number of aromatic carboxylic acids is 1. The monoisotopic (exact) mass is 264 g/mol. The number of nitrogens with one attached hydrogen (secondary N) is 1. The van der Waals surface area contributed by atoms with Crippen LogP contribution >= 0.6 is 0 Å². The molecular weight excluding hydrogens is 254 g/mol. The lowest BCUT2D eigenvalue weighted by molar-refractivity contribution is 0.0691. The number of benzene rings is 1. The number of nitrogens with zero attached hydrogens (tertiary/aromatic N) is 1. The third-order valence-corrected chi connectivity index (χ3v) is 2.38. The topological polar surface area (TPSA) is 62.2 Å². The van der Waals surface area contributed by atoms with E-state index in [1.807, 2.05) is 0 Å². The van der Waals surface area contributed by atoms with Gasteiger partial charge in [0.25, 0.3) is 0 Å². The molecule has 6 heteroatoms. The fourth-order valence-corrected chi connectivity index (χ4v) is 1.60. The van der Waals surface area contributed by atoms with Crippen molar-refractivity contribution in [2.75, 3.05) is 5.32 Å². The molecule has 2 N–H and O–H groups in total. The van der Waals surface area contributed by atoms with Gasteiger partial charge in [0.1, 0.15) is 11.6 Å². The molecule has 0 saturated heterocycles. The number of carboxylic acids is 1. The lowest BCUT2D eigenvalue weighted by atomic mass is 10.2. The first-order valence-corrected chi connectivity index (χ1v) is 5.40. The van der Waals surface area contributed by atoms with Gasteiger partial charge in [-0.1, -0.05) is 0 Å². The second kappa shape index (κ2) is 5.01. The number of carbonyl (C=O) groups is 1. The van der Waals surface area contributed by atoms with Crippen molar-refractivity contribution in [1.82, 2.24) is 4.98 Å². The molecule has 1 aromatic carbocycles. The lowest BCUT2D eigenvalue weighted by Gasteiger charge is -2.09. The number of halogens is 2. The molecule has 0 aliphatic rings. The number of aryl methyl sites for hydroxylation is 1. The minimum absolute atomic E-state index is 0.116. The van der Waals surface area contributed by atoms with Gasteiger partial charge in [-0.2, -0.15) is 0 Å². The molecule has 4 nitrogen and oxygen atoms in total. The Morgan fingerprint density at radius 1 is 1.21 bits per heavy atom. The molecule has 0 saturated carbocycles. The SMILES string of the molecule is Cc1ccc(Nc2cc(F)cc(F)c2)c(C(=O)O)n1. The lowest BCUT2D eigenvalue weighted by Crippen LogP contribution is -2.06. The number of carboxylic acid groups (broad SMARTS) is 1. The number of rotatable bonds is 3. The average Bonchev–Trinajstić information content (AvgIpc) is 2.30. The van der Waals surface area contributed by atoms with Gasteiger partial charge in [0.2, 0.25) is 0 Å². The van der Waals surface area contributed by atoms with Gasteiger partial charge in [0.15, 0.2) is 5.69 Å². The Bertz CT molecular complexity index is 624. The van der Waals surface area contributed by atoms with Crippen molar-refractivity contribution in [2.45, 2.75) is 6.92 Å². The van der Waals surface area contributed by atoms with E-state index in [-0.39, 0.29) is 17.1 Å². The van der Waals surface area contributed by atoms with E-state index in [2.05, 4.69) is 10.3 Å². The number of anilines is 2. The largest absolute Gasteiger partial charge is 0.476 e. The third-order valence-electron chi connectivity index (χ3n) is 2.38. The normalized spacial score (nSPS) is 10.3. The molecule has 0 aliphatic heterocycles. The predicted molar refractivity (Wildman–Crippen MR) is 65.6 cm³/mol. The summed E-state index contributed by atoms with van der Waals surface area (Å²) in [5.74, 6) is -2.72. The molecule has 98 valence electrons. The number of hydrogen-bond donors (Lipinski definition) is 2. The summed E-state index contributed by atoms with van der Waals surface area (Å²) in [6.07, 6.45) is 0. The molecular formula is C13H10F2N2O2. The van der Waals surface area contributed by atoms with Crippen molar-refractivity contribution < 1.29 is 18.7 Å². The van der Waals surface area contributed by atoms with Gasteiger partial charge in [-0.15, -0.1) is 0 Å². The van der Waals surface area contributed by atoms with Crippen LogP contribution in [0, 0.1) is 18.6 Å². The zero-order valence-electron chi connectivity index (χ0n) is 9.95. The predicted octanol–water partition coefficient (Wildman–Crippen LogP) is 3.11. The van der Waals surface area contributed by atoms with Crippen LogP contribution in [-0.4, -0.2) is 16.1 Å². The Balaban J connectivity index is 2.40. The molecule has 0 radical (unpaired) electrons. The van der Waals surface area contributed by atoms with Crippen LogP contribution < -0.4 is 5.32 Å². The highest BCUT2D eigenvalue weighted by atomic mass is 19.1. The maximum absolute atomic E-state index is 13.0. The van der Waals surface area contributed by atoms with Crippen molar-refractivity contribution in [2.24, 2.45) is 0 Å². The van der Waals surface area contributed by atoms with E-state index in [0.717, 1.165) is 18.2 Å². The van der Waals surface area contributed by atoms with Crippen molar-refractivity contribution in [3.8, 4) is 0 Å². The molecule has 0 fully saturated rings. The fourth-order valence-electron chi connectivity index (χ4n) is 1.60. The van der Waals surface area contributed by atoms with Crippen molar-refractivity contribution in [1.29, 1.82) is 0 Å². The highest BCUT2D eigenvalue weighted by Crippen LogP contribution is 2.21.